The van der Waals surface area contributed by atoms with Crippen molar-refractivity contribution in [2.75, 3.05) is 36.3 Å². The number of carbonyl (C=O) groups is 2. The van der Waals surface area contributed by atoms with E-state index in [2.05, 4.69) is 10.0 Å². The average molecular weight is 480 g/mol. The quantitative estimate of drug-likeness (QED) is 0.563. The van der Waals surface area contributed by atoms with Crippen molar-refractivity contribution in [2.24, 2.45) is 0 Å². The summed E-state index contributed by atoms with van der Waals surface area (Å²) in [5, 5.41) is 2.76. The van der Waals surface area contributed by atoms with Gasteiger partial charge in [0, 0.05) is 24.3 Å². The fourth-order valence-electron chi connectivity index (χ4n) is 3.66. The van der Waals surface area contributed by atoms with Crippen LogP contribution in [0.5, 0.6) is 0 Å². The smallest absolute Gasteiger partial charge is 0.262 e. The Balaban J connectivity index is 1.57. The SMILES string of the molecule is Cc1ccc(C(=O)Nc2ccccc2C(=O)N2CCOCC2)cc1S(=O)(=O)Nc1ccccc1. The lowest BCUT2D eigenvalue weighted by Crippen LogP contribution is -2.41. The molecule has 3 aromatic rings. The second-order valence-electron chi connectivity index (χ2n) is 7.86. The molecule has 1 heterocycles. The molecule has 176 valence electrons. The molecule has 9 heteroatoms. The number of carbonyl (C=O) groups excluding carboxylic acids is 2. The van der Waals surface area contributed by atoms with E-state index in [1.165, 1.54) is 6.07 Å². The van der Waals surface area contributed by atoms with Gasteiger partial charge in [-0.25, -0.2) is 8.42 Å². The monoisotopic (exact) mass is 479 g/mol. The highest BCUT2D eigenvalue weighted by Gasteiger charge is 2.23. The van der Waals surface area contributed by atoms with Crippen LogP contribution in [0, 0.1) is 6.92 Å². The highest BCUT2D eigenvalue weighted by molar-refractivity contribution is 7.92. The Morgan fingerprint density at radius 1 is 0.912 bits per heavy atom. The molecule has 2 N–H and O–H groups in total. The third-order valence-corrected chi connectivity index (χ3v) is 6.99. The Labute approximate surface area is 198 Å². The molecule has 0 aromatic heterocycles. The van der Waals surface area contributed by atoms with Crippen LogP contribution in [0.15, 0.2) is 77.7 Å². The van der Waals surface area contributed by atoms with Crippen LogP contribution < -0.4 is 10.0 Å². The predicted octanol–water partition coefficient (Wildman–Crippen LogP) is 3.52. The second kappa shape index (κ2) is 10.1. The van der Waals surface area contributed by atoms with Crippen LogP contribution in [0.3, 0.4) is 0 Å². The number of benzene rings is 3. The minimum Gasteiger partial charge on any atom is -0.378 e. The number of para-hydroxylation sites is 2. The maximum atomic E-state index is 13.0. The molecule has 2 amide bonds. The van der Waals surface area contributed by atoms with Gasteiger partial charge in [-0.05, 0) is 48.9 Å². The average Bonchev–Trinajstić information content (AvgIpc) is 2.85. The van der Waals surface area contributed by atoms with Crippen molar-refractivity contribution in [1.82, 2.24) is 4.90 Å². The molecule has 1 aliphatic heterocycles. The summed E-state index contributed by atoms with van der Waals surface area (Å²) in [4.78, 5) is 27.7. The van der Waals surface area contributed by atoms with Crippen LogP contribution in [0.2, 0.25) is 0 Å². The van der Waals surface area contributed by atoms with E-state index in [0.717, 1.165) is 0 Å². The fourth-order valence-corrected chi connectivity index (χ4v) is 4.99. The number of hydrogen-bond donors (Lipinski definition) is 2. The minimum absolute atomic E-state index is 0.00156. The summed E-state index contributed by atoms with van der Waals surface area (Å²) in [5.74, 6) is -0.711. The van der Waals surface area contributed by atoms with Crippen LogP contribution in [-0.2, 0) is 14.8 Å². The van der Waals surface area contributed by atoms with Crippen molar-refractivity contribution in [3.63, 3.8) is 0 Å². The number of morpholine rings is 1. The van der Waals surface area contributed by atoms with Gasteiger partial charge in [-0.15, -0.1) is 0 Å². The van der Waals surface area contributed by atoms with E-state index in [-0.39, 0.29) is 16.4 Å². The van der Waals surface area contributed by atoms with Gasteiger partial charge in [0.05, 0.1) is 29.4 Å². The van der Waals surface area contributed by atoms with Gasteiger partial charge in [0.15, 0.2) is 0 Å². The molecular formula is C25H25N3O5S. The number of rotatable bonds is 6. The lowest BCUT2D eigenvalue weighted by Gasteiger charge is -2.27. The standard InChI is InChI=1S/C25H25N3O5S/c1-18-11-12-19(17-23(18)34(31,32)27-20-7-3-2-4-8-20)24(29)26-22-10-6-5-9-21(22)25(30)28-13-15-33-16-14-28/h2-12,17,27H,13-16H2,1H3,(H,26,29). The van der Waals surface area contributed by atoms with E-state index in [1.807, 2.05) is 0 Å². The normalized spacial score (nSPS) is 13.9. The molecular weight excluding hydrogens is 454 g/mol. The first-order valence-corrected chi connectivity index (χ1v) is 12.3. The molecule has 1 saturated heterocycles. The zero-order chi connectivity index (χ0) is 24.1. The number of sulfonamides is 1. The van der Waals surface area contributed by atoms with Gasteiger partial charge in [0.25, 0.3) is 21.8 Å². The largest absolute Gasteiger partial charge is 0.378 e. The van der Waals surface area contributed by atoms with Gasteiger partial charge < -0.3 is 15.0 Å². The summed E-state index contributed by atoms with van der Waals surface area (Å²) in [6.45, 7) is 3.57. The Morgan fingerprint density at radius 3 is 2.32 bits per heavy atom. The van der Waals surface area contributed by atoms with Crippen LogP contribution in [-0.4, -0.2) is 51.4 Å². The van der Waals surface area contributed by atoms with E-state index in [4.69, 9.17) is 4.74 Å². The molecule has 0 atom stereocenters. The van der Waals surface area contributed by atoms with Crippen molar-refractivity contribution in [2.45, 2.75) is 11.8 Å². The maximum Gasteiger partial charge on any atom is 0.262 e. The third kappa shape index (κ3) is 5.27. The fraction of sp³-hybridized carbons (Fsp3) is 0.200. The summed E-state index contributed by atoms with van der Waals surface area (Å²) in [7, 11) is -3.91. The summed E-state index contributed by atoms with van der Waals surface area (Å²) in [6.07, 6.45) is 0. The van der Waals surface area contributed by atoms with Gasteiger partial charge in [-0.1, -0.05) is 36.4 Å². The third-order valence-electron chi connectivity index (χ3n) is 5.47. The lowest BCUT2D eigenvalue weighted by atomic mass is 10.1. The molecule has 4 rings (SSSR count). The van der Waals surface area contributed by atoms with Gasteiger partial charge in [-0.3, -0.25) is 14.3 Å². The van der Waals surface area contributed by atoms with Gasteiger partial charge in [0.1, 0.15) is 0 Å². The molecule has 3 aromatic carbocycles. The van der Waals surface area contributed by atoms with Crippen LogP contribution in [0.4, 0.5) is 11.4 Å². The van der Waals surface area contributed by atoms with Crippen molar-refractivity contribution < 1.29 is 22.7 Å². The van der Waals surface area contributed by atoms with Gasteiger partial charge >= 0.3 is 0 Å². The molecule has 8 nitrogen and oxygen atoms in total. The summed E-state index contributed by atoms with van der Waals surface area (Å²) < 4.78 is 33.8. The molecule has 1 aliphatic rings. The van der Waals surface area contributed by atoms with E-state index < -0.39 is 15.9 Å². The highest BCUT2D eigenvalue weighted by atomic mass is 32.2. The van der Waals surface area contributed by atoms with E-state index in [0.29, 0.717) is 48.8 Å². The Kier molecular flexibility index (Phi) is 6.95. The first-order chi connectivity index (χ1) is 16.3. The van der Waals surface area contributed by atoms with E-state index >= 15 is 0 Å². The molecule has 0 saturated carbocycles. The number of ether oxygens (including phenoxy) is 1. The maximum absolute atomic E-state index is 13.0. The highest BCUT2D eigenvalue weighted by Crippen LogP contribution is 2.23. The van der Waals surface area contributed by atoms with E-state index in [1.54, 1.807) is 78.6 Å². The first kappa shape index (κ1) is 23.5. The second-order valence-corrected chi connectivity index (χ2v) is 9.51. The van der Waals surface area contributed by atoms with Crippen molar-refractivity contribution >= 4 is 33.2 Å². The van der Waals surface area contributed by atoms with Crippen LogP contribution >= 0.6 is 0 Å². The number of hydrogen-bond acceptors (Lipinski definition) is 5. The summed E-state index contributed by atoms with van der Waals surface area (Å²) >= 11 is 0. The zero-order valence-electron chi connectivity index (χ0n) is 18.7. The van der Waals surface area contributed by atoms with Gasteiger partial charge in [0.2, 0.25) is 0 Å². The number of nitrogens with one attached hydrogen (secondary N) is 2. The Bertz CT molecular complexity index is 1300. The molecule has 0 unspecified atom stereocenters. The summed E-state index contributed by atoms with van der Waals surface area (Å²) in [6, 6.07) is 19.8. The van der Waals surface area contributed by atoms with Crippen molar-refractivity contribution in [3.05, 3.63) is 89.5 Å². The molecule has 0 bridgehead atoms. The predicted molar refractivity (Wildman–Crippen MR) is 130 cm³/mol. The molecule has 0 radical (unpaired) electrons. The minimum atomic E-state index is -3.91. The Hall–Kier alpha value is -3.69. The van der Waals surface area contributed by atoms with Crippen molar-refractivity contribution in [3.8, 4) is 0 Å². The number of nitrogens with zero attached hydrogens (tertiary/aromatic N) is 1. The van der Waals surface area contributed by atoms with Crippen LogP contribution in [0.25, 0.3) is 0 Å². The topological polar surface area (TPSA) is 105 Å². The molecule has 0 aliphatic carbocycles. The zero-order valence-corrected chi connectivity index (χ0v) is 19.5. The number of anilines is 2. The van der Waals surface area contributed by atoms with Crippen LogP contribution in [0.1, 0.15) is 26.3 Å². The Morgan fingerprint density at radius 2 is 1.59 bits per heavy atom. The van der Waals surface area contributed by atoms with E-state index in [9.17, 15) is 18.0 Å². The molecule has 1 fully saturated rings. The number of aryl methyl sites for hydroxylation is 1. The lowest BCUT2D eigenvalue weighted by molar-refractivity contribution is 0.0303. The van der Waals surface area contributed by atoms with Gasteiger partial charge in [-0.2, -0.15) is 0 Å². The molecule has 0 spiro atoms. The summed E-state index contributed by atoms with van der Waals surface area (Å²) in [5.41, 5.74) is 1.81. The number of amides is 2. The first-order valence-electron chi connectivity index (χ1n) is 10.8. The van der Waals surface area contributed by atoms with Crippen molar-refractivity contribution in [1.29, 1.82) is 0 Å². The molecule has 34 heavy (non-hydrogen) atoms.